The van der Waals surface area contributed by atoms with Crippen LogP contribution in [0, 0.1) is 0 Å². The van der Waals surface area contributed by atoms with Crippen molar-refractivity contribution in [2.45, 2.75) is 24.6 Å². The van der Waals surface area contributed by atoms with Gasteiger partial charge in [-0.2, -0.15) is 23.5 Å². The molecule has 0 aromatic carbocycles. The molecule has 2 rings (SSSR count). The lowest BCUT2D eigenvalue weighted by Crippen LogP contribution is -2.31. The second-order valence-electron chi connectivity index (χ2n) is 3.95. The van der Waals surface area contributed by atoms with Crippen molar-refractivity contribution < 1.29 is 4.42 Å². The van der Waals surface area contributed by atoms with Crippen LogP contribution in [0.3, 0.4) is 0 Å². The van der Waals surface area contributed by atoms with Crippen LogP contribution in [0.15, 0.2) is 22.8 Å². The van der Waals surface area contributed by atoms with Crippen LogP contribution >= 0.6 is 23.5 Å². The monoisotopic (exact) mass is 257 g/mol. The van der Waals surface area contributed by atoms with E-state index in [1.165, 1.54) is 17.3 Å². The fourth-order valence-corrected chi connectivity index (χ4v) is 4.49. The summed E-state index contributed by atoms with van der Waals surface area (Å²) in [6, 6.07) is 4.40. The maximum atomic E-state index is 5.45. The van der Waals surface area contributed by atoms with Crippen molar-refractivity contribution >= 4 is 23.5 Å². The van der Waals surface area contributed by atoms with Gasteiger partial charge in [-0.25, -0.2) is 0 Å². The number of hydrogen-bond donors (Lipinski definition) is 1. The van der Waals surface area contributed by atoms with E-state index in [1.54, 1.807) is 6.26 Å². The standard InChI is InChI=1S/C12H19NOS2/c1-2-11(12-4-3-5-14-12)13-8-10-9-15-6-7-16-10/h3-5,10-11,13H,2,6-9H2,1H3. The van der Waals surface area contributed by atoms with E-state index in [-0.39, 0.29) is 0 Å². The smallest absolute Gasteiger partial charge is 0.120 e. The predicted octanol–water partition coefficient (Wildman–Crippen LogP) is 3.17. The van der Waals surface area contributed by atoms with Crippen molar-refractivity contribution in [1.82, 2.24) is 5.32 Å². The highest BCUT2D eigenvalue weighted by molar-refractivity contribution is 8.06. The third-order valence-corrected chi connectivity index (χ3v) is 5.62. The molecule has 0 bridgehead atoms. The average molecular weight is 257 g/mol. The number of rotatable bonds is 5. The van der Waals surface area contributed by atoms with Gasteiger partial charge in [-0.1, -0.05) is 6.92 Å². The molecule has 0 aliphatic carbocycles. The van der Waals surface area contributed by atoms with Crippen LogP contribution in [0.5, 0.6) is 0 Å². The molecule has 16 heavy (non-hydrogen) atoms. The Labute approximate surface area is 106 Å². The van der Waals surface area contributed by atoms with Crippen molar-refractivity contribution in [3.05, 3.63) is 24.2 Å². The van der Waals surface area contributed by atoms with E-state index in [0.717, 1.165) is 24.0 Å². The second-order valence-corrected chi connectivity index (χ2v) is 6.51. The van der Waals surface area contributed by atoms with Gasteiger partial charge in [0.1, 0.15) is 5.76 Å². The Hall–Kier alpha value is -0.0600. The molecular weight excluding hydrogens is 238 g/mol. The Morgan fingerprint density at radius 3 is 3.12 bits per heavy atom. The fraction of sp³-hybridized carbons (Fsp3) is 0.667. The van der Waals surface area contributed by atoms with Crippen molar-refractivity contribution in [2.24, 2.45) is 0 Å². The van der Waals surface area contributed by atoms with Crippen molar-refractivity contribution in [3.63, 3.8) is 0 Å². The Morgan fingerprint density at radius 1 is 1.56 bits per heavy atom. The molecule has 0 amide bonds. The number of hydrogen-bond acceptors (Lipinski definition) is 4. The van der Waals surface area contributed by atoms with Crippen LogP contribution in [0.1, 0.15) is 25.1 Å². The lowest BCUT2D eigenvalue weighted by molar-refractivity contribution is 0.406. The highest BCUT2D eigenvalue weighted by Gasteiger charge is 2.17. The predicted molar refractivity (Wildman–Crippen MR) is 73.3 cm³/mol. The van der Waals surface area contributed by atoms with Crippen LogP contribution in [0.4, 0.5) is 0 Å². The maximum Gasteiger partial charge on any atom is 0.120 e. The molecule has 2 unspecified atom stereocenters. The largest absolute Gasteiger partial charge is 0.468 e. The quantitative estimate of drug-likeness (QED) is 0.876. The molecule has 1 aliphatic heterocycles. The molecule has 1 aliphatic rings. The normalized spacial score (nSPS) is 23.2. The summed E-state index contributed by atoms with van der Waals surface area (Å²) in [5.74, 6) is 4.97. The van der Waals surface area contributed by atoms with Crippen LogP contribution in [-0.4, -0.2) is 29.1 Å². The van der Waals surface area contributed by atoms with E-state index >= 15 is 0 Å². The van der Waals surface area contributed by atoms with E-state index in [1.807, 2.05) is 6.07 Å². The first-order valence-electron chi connectivity index (χ1n) is 5.86. The molecule has 1 N–H and O–H groups in total. The molecule has 0 spiro atoms. The Bertz CT molecular complexity index is 283. The summed E-state index contributed by atoms with van der Waals surface area (Å²) in [4.78, 5) is 0. The summed E-state index contributed by atoms with van der Waals surface area (Å²) in [5.41, 5.74) is 0. The Kier molecular flexibility index (Phi) is 5.13. The molecule has 1 aromatic rings. The van der Waals surface area contributed by atoms with Crippen LogP contribution in [0.2, 0.25) is 0 Å². The van der Waals surface area contributed by atoms with Crippen molar-refractivity contribution in [3.8, 4) is 0 Å². The van der Waals surface area contributed by atoms with Gasteiger partial charge in [0.15, 0.2) is 0 Å². The van der Waals surface area contributed by atoms with E-state index < -0.39 is 0 Å². The fourth-order valence-electron chi connectivity index (χ4n) is 1.86. The summed E-state index contributed by atoms with van der Waals surface area (Å²) in [6.07, 6.45) is 2.84. The number of thioether (sulfide) groups is 2. The maximum absolute atomic E-state index is 5.45. The van der Waals surface area contributed by atoms with E-state index in [0.29, 0.717) is 6.04 Å². The summed E-state index contributed by atoms with van der Waals surface area (Å²) in [5, 5.41) is 4.38. The van der Waals surface area contributed by atoms with Gasteiger partial charge in [-0.05, 0) is 18.6 Å². The van der Waals surface area contributed by atoms with Gasteiger partial charge in [0.25, 0.3) is 0 Å². The minimum absolute atomic E-state index is 0.377. The van der Waals surface area contributed by atoms with Gasteiger partial charge in [-0.3, -0.25) is 0 Å². The van der Waals surface area contributed by atoms with Gasteiger partial charge in [0, 0.05) is 29.1 Å². The van der Waals surface area contributed by atoms with Gasteiger partial charge in [0.2, 0.25) is 0 Å². The lowest BCUT2D eigenvalue weighted by Gasteiger charge is -2.23. The zero-order valence-electron chi connectivity index (χ0n) is 9.65. The van der Waals surface area contributed by atoms with Gasteiger partial charge < -0.3 is 9.73 Å². The summed E-state index contributed by atoms with van der Waals surface area (Å²) in [7, 11) is 0. The molecular formula is C12H19NOS2. The Balaban J connectivity index is 1.78. The highest BCUT2D eigenvalue weighted by Crippen LogP contribution is 2.24. The third-order valence-electron chi connectivity index (χ3n) is 2.77. The SMILES string of the molecule is CCC(NCC1CSCCS1)c1ccco1. The molecule has 2 nitrogen and oxygen atoms in total. The molecule has 1 saturated heterocycles. The number of nitrogens with one attached hydrogen (secondary N) is 1. The van der Waals surface area contributed by atoms with E-state index in [9.17, 15) is 0 Å². The zero-order chi connectivity index (χ0) is 11.2. The highest BCUT2D eigenvalue weighted by atomic mass is 32.2. The zero-order valence-corrected chi connectivity index (χ0v) is 11.3. The van der Waals surface area contributed by atoms with Crippen LogP contribution in [-0.2, 0) is 0 Å². The van der Waals surface area contributed by atoms with Crippen LogP contribution in [0.25, 0.3) is 0 Å². The molecule has 0 saturated carbocycles. The molecule has 1 fully saturated rings. The topological polar surface area (TPSA) is 25.2 Å². The van der Waals surface area contributed by atoms with Crippen molar-refractivity contribution in [1.29, 1.82) is 0 Å². The number of furan rings is 1. The minimum Gasteiger partial charge on any atom is -0.468 e. The summed E-state index contributed by atoms with van der Waals surface area (Å²) < 4.78 is 5.45. The van der Waals surface area contributed by atoms with E-state index in [4.69, 9.17) is 4.42 Å². The van der Waals surface area contributed by atoms with Gasteiger partial charge >= 0.3 is 0 Å². The first-order chi connectivity index (χ1) is 7.90. The van der Waals surface area contributed by atoms with E-state index in [2.05, 4.69) is 41.8 Å². The molecule has 1 aromatic heterocycles. The second kappa shape index (κ2) is 6.62. The molecule has 2 atom stereocenters. The molecule has 2 heterocycles. The Morgan fingerprint density at radius 2 is 2.50 bits per heavy atom. The lowest BCUT2D eigenvalue weighted by atomic mass is 10.1. The average Bonchev–Trinajstić information content (AvgIpc) is 2.85. The summed E-state index contributed by atoms with van der Waals surface area (Å²) in [6.45, 7) is 3.29. The molecule has 4 heteroatoms. The third kappa shape index (κ3) is 3.47. The van der Waals surface area contributed by atoms with Crippen molar-refractivity contribution in [2.75, 3.05) is 23.8 Å². The first kappa shape index (κ1) is 12.4. The molecule has 90 valence electrons. The summed E-state index contributed by atoms with van der Waals surface area (Å²) >= 11 is 4.17. The van der Waals surface area contributed by atoms with Gasteiger partial charge in [0.05, 0.1) is 12.3 Å². The van der Waals surface area contributed by atoms with Crippen LogP contribution < -0.4 is 5.32 Å². The molecule has 0 radical (unpaired) electrons. The minimum atomic E-state index is 0.377. The van der Waals surface area contributed by atoms with Gasteiger partial charge in [-0.15, -0.1) is 0 Å². The first-order valence-corrected chi connectivity index (χ1v) is 8.06.